The number of aromatic nitrogens is 1. The van der Waals surface area contributed by atoms with E-state index in [2.05, 4.69) is 4.98 Å². The molecule has 4 nitrogen and oxygen atoms in total. The molecule has 0 saturated carbocycles. The van der Waals surface area contributed by atoms with E-state index in [-0.39, 0.29) is 10.4 Å². The number of benzene rings is 2. The van der Waals surface area contributed by atoms with Crippen molar-refractivity contribution in [3.8, 4) is 0 Å². The highest BCUT2D eigenvalue weighted by Crippen LogP contribution is 2.25. The highest BCUT2D eigenvalue weighted by molar-refractivity contribution is 7.91. The van der Waals surface area contributed by atoms with E-state index in [0.717, 1.165) is 12.3 Å². The molecule has 0 spiro atoms. The van der Waals surface area contributed by atoms with Crippen molar-refractivity contribution in [3.05, 3.63) is 69.0 Å². The van der Waals surface area contributed by atoms with E-state index in [9.17, 15) is 22.0 Å². The van der Waals surface area contributed by atoms with E-state index in [1.54, 1.807) is 13.0 Å². The Bertz CT molecular complexity index is 1140. The van der Waals surface area contributed by atoms with E-state index < -0.39 is 36.7 Å². The maximum Gasteiger partial charge on any atom is 0.212 e. The molecule has 8 heteroatoms. The third-order valence-electron chi connectivity index (χ3n) is 3.65. The van der Waals surface area contributed by atoms with E-state index in [1.807, 2.05) is 0 Å². The third-order valence-corrected chi connectivity index (χ3v) is 5.72. The van der Waals surface area contributed by atoms with Gasteiger partial charge in [-0.3, -0.25) is 4.79 Å². The summed E-state index contributed by atoms with van der Waals surface area (Å²) in [6.07, 6.45) is 1.03. The first kappa shape index (κ1) is 16.6. The Balaban J connectivity index is 2.33. The summed E-state index contributed by atoms with van der Waals surface area (Å²) in [7, 11) is -4.34. The fourth-order valence-corrected chi connectivity index (χ4v) is 3.95. The van der Waals surface area contributed by atoms with Crippen LogP contribution in [0.2, 0.25) is 5.02 Å². The highest BCUT2D eigenvalue weighted by atomic mass is 35.5. The minimum absolute atomic E-state index is 0.0281. The van der Waals surface area contributed by atoms with Crippen molar-refractivity contribution < 1.29 is 17.2 Å². The monoisotopic (exact) mass is 369 g/mol. The second-order valence-corrected chi connectivity index (χ2v) is 7.50. The second kappa shape index (κ2) is 5.68. The van der Waals surface area contributed by atoms with Crippen LogP contribution in [-0.4, -0.2) is 13.4 Å². The molecule has 0 saturated heterocycles. The molecule has 2 aromatic carbocycles. The number of hydrogen-bond donors (Lipinski definition) is 1. The zero-order chi connectivity index (χ0) is 17.6. The molecule has 0 radical (unpaired) electrons. The Kier molecular flexibility index (Phi) is 3.93. The SMILES string of the molecule is Cc1ccc(Cl)c2c(=O)c(S(=O)(=O)c3ccc(F)c(F)c3)c[nH]c12. The van der Waals surface area contributed by atoms with Gasteiger partial charge in [0.25, 0.3) is 0 Å². The molecule has 1 N–H and O–H groups in total. The van der Waals surface area contributed by atoms with Crippen LogP contribution in [0.4, 0.5) is 8.78 Å². The van der Waals surface area contributed by atoms with Gasteiger partial charge in [-0.1, -0.05) is 17.7 Å². The Morgan fingerprint density at radius 3 is 2.46 bits per heavy atom. The molecule has 0 amide bonds. The van der Waals surface area contributed by atoms with E-state index in [0.29, 0.717) is 23.2 Å². The quantitative estimate of drug-likeness (QED) is 0.702. The summed E-state index contributed by atoms with van der Waals surface area (Å²) in [4.78, 5) is 14.3. The number of halogens is 3. The van der Waals surface area contributed by atoms with Crippen molar-refractivity contribution in [3.63, 3.8) is 0 Å². The number of H-pyrrole nitrogens is 1. The molecule has 0 aliphatic heterocycles. The fourth-order valence-electron chi connectivity index (χ4n) is 2.39. The number of sulfone groups is 1. The molecule has 3 rings (SSSR count). The summed E-state index contributed by atoms with van der Waals surface area (Å²) < 4.78 is 51.6. The van der Waals surface area contributed by atoms with Gasteiger partial charge in [0.1, 0.15) is 4.90 Å². The van der Waals surface area contributed by atoms with Crippen molar-refractivity contribution in [1.29, 1.82) is 0 Å². The van der Waals surface area contributed by atoms with Crippen LogP contribution in [0.1, 0.15) is 5.56 Å². The molecular formula is C16H10ClF2NO3S. The Hall–Kier alpha value is -2.25. The minimum Gasteiger partial charge on any atom is -0.359 e. The lowest BCUT2D eigenvalue weighted by Gasteiger charge is -2.08. The molecule has 0 aliphatic carbocycles. The fraction of sp³-hybridized carbons (Fsp3) is 0.0625. The Morgan fingerprint density at radius 1 is 1.08 bits per heavy atom. The second-order valence-electron chi connectivity index (χ2n) is 5.18. The van der Waals surface area contributed by atoms with Crippen LogP contribution in [0.3, 0.4) is 0 Å². The number of rotatable bonds is 2. The van der Waals surface area contributed by atoms with Crippen molar-refractivity contribution >= 4 is 32.3 Å². The lowest BCUT2D eigenvalue weighted by molar-refractivity contribution is 0.504. The predicted molar refractivity (Wildman–Crippen MR) is 86.1 cm³/mol. The average molecular weight is 370 g/mol. The molecule has 1 aromatic heterocycles. The van der Waals surface area contributed by atoms with Gasteiger partial charge in [-0.25, -0.2) is 17.2 Å². The lowest BCUT2D eigenvalue weighted by atomic mass is 10.1. The van der Waals surface area contributed by atoms with Crippen LogP contribution < -0.4 is 5.43 Å². The van der Waals surface area contributed by atoms with Crippen LogP contribution >= 0.6 is 11.6 Å². The number of hydrogen-bond acceptors (Lipinski definition) is 3. The van der Waals surface area contributed by atoms with Crippen molar-refractivity contribution in [2.24, 2.45) is 0 Å². The maximum atomic E-state index is 13.3. The maximum absolute atomic E-state index is 13.3. The topological polar surface area (TPSA) is 67.0 Å². The minimum atomic E-state index is -4.34. The number of aromatic amines is 1. The normalized spacial score (nSPS) is 11.8. The molecule has 3 aromatic rings. The van der Waals surface area contributed by atoms with Gasteiger partial charge in [-0.2, -0.15) is 0 Å². The van der Waals surface area contributed by atoms with Gasteiger partial charge in [0.2, 0.25) is 15.3 Å². The van der Waals surface area contributed by atoms with Crippen LogP contribution in [0, 0.1) is 18.6 Å². The number of pyridine rings is 1. The molecule has 24 heavy (non-hydrogen) atoms. The van der Waals surface area contributed by atoms with Gasteiger partial charge in [0, 0.05) is 6.20 Å². The first-order chi connectivity index (χ1) is 11.2. The van der Waals surface area contributed by atoms with E-state index in [1.165, 1.54) is 6.07 Å². The third kappa shape index (κ3) is 2.50. The zero-order valence-corrected chi connectivity index (χ0v) is 13.8. The van der Waals surface area contributed by atoms with E-state index >= 15 is 0 Å². The zero-order valence-electron chi connectivity index (χ0n) is 12.2. The highest BCUT2D eigenvalue weighted by Gasteiger charge is 2.24. The standard InChI is InChI=1S/C16H10ClF2NO3S/c1-8-2-4-10(17)14-15(8)20-7-13(16(14)21)24(22,23)9-3-5-11(18)12(19)6-9/h2-7H,1H3,(H,20,21). The van der Waals surface area contributed by atoms with Crippen LogP contribution in [0.25, 0.3) is 10.9 Å². The van der Waals surface area contributed by atoms with Gasteiger partial charge in [-0.05, 0) is 36.8 Å². The van der Waals surface area contributed by atoms with Crippen LogP contribution in [0.5, 0.6) is 0 Å². The van der Waals surface area contributed by atoms with Gasteiger partial charge >= 0.3 is 0 Å². The van der Waals surface area contributed by atoms with Crippen LogP contribution in [-0.2, 0) is 9.84 Å². The average Bonchev–Trinajstić information content (AvgIpc) is 2.53. The predicted octanol–water partition coefficient (Wildman–Crippen LogP) is 3.60. The summed E-state index contributed by atoms with van der Waals surface area (Å²) in [5.41, 5.74) is 0.321. The summed E-state index contributed by atoms with van der Waals surface area (Å²) in [6.45, 7) is 1.73. The molecule has 0 unspecified atom stereocenters. The van der Waals surface area contributed by atoms with Gasteiger partial charge in [-0.15, -0.1) is 0 Å². The first-order valence-corrected chi connectivity index (χ1v) is 8.60. The summed E-state index contributed by atoms with van der Waals surface area (Å²) in [6, 6.07) is 5.29. The molecular weight excluding hydrogens is 360 g/mol. The Labute approximate surface area is 140 Å². The van der Waals surface area contributed by atoms with Gasteiger partial charge in [0.15, 0.2) is 11.6 Å². The number of nitrogens with one attached hydrogen (secondary N) is 1. The smallest absolute Gasteiger partial charge is 0.212 e. The number of fused-ring (bicyclic) bond motifs is 1. The summed E-state index contributed by atoms with van der Waals surface area (Å²) in [5, 5.41) is 0.125. The largest absolute Gasteiger partial charge is 0.359 e. The van der Waals surface area contributed by atoms with Crippen molar-refractivity contribution in [1.82, 2.24) is 4.98 Å². The lowest BCUT2D eigenvalue weighted by Crippen LogP contribution is -2.17. The molecule has 1 heterocycles. The first-order valence-electron chi connectivity index (χ1n) is 6.74. The molecule has 0 fully saturated rings. The summed E-state index contributed by atoms with van der Waals surface area (Å²) >= 11 is 6.02. The Morgan fingerprint density at radius 2 is 1.79 bits per heavy atom. The van der Waals surface area contributed by atoms with Crippen LogP contribution in [0.15, 0.2) is 51.1 Å². The molecule has 0 bridgehead atoms. The van der Waals surface area contributed by atoms with Gasteiger partial charge in [0.05, 0.1) is 20.8 Å². The molecule has 0 atom stereocenters. The number of aryl methyl sites for hydroxylation is 1. The van der Waals surface area contributed by atoms with Gasteiger partial charge < -0.3 is 4.98 Å². The molecule has 124 valence electrons. The van der Waals surface area contributed by atoms with E-state index in [4.69, 9.17) is 11.6 Å². The van der Waals surface area contributed by atoms with Crippen molar-refractivity contribution in [2.75, 3.05) is 0 Å². The summed E-state index contributed by atoms with van der Waals surface area (Å²) in [5.74, 6) is -2.50. The van der Waals surface area contributed by atoms with Crippen molar-refractivity contribution in [2.45, 2.75) is 16.7 Å². The molecule has 0 aliphatic rings.